The fourth-order valence-corrected chi connectivity index (χ4v) is 2.54. The van der Waals surface area contributed by atoms with Gasteiger partial charge in [-0.05, 0) is 42.0 Å². The quantitative estimate of drug-likeness (QED) is 0.804. The highest BCUT2D eigenvalue weighted by atomic mass is 32.2. The van der Waals surface area contributed by atoms with Crippen molar-refractivity contribution in [3.8, 4) is 5.75 Å². The van der Waals surface area contributed by atoms with Gasteiger partial charge in [0.15, 0.2) is 0 Å². The van der Waals surface area contributed by atoms with E-state index in [0.29, 0.717) is 11.4 Å². The first kappa shape index (κ1) is 18.5. The van der Waals surface area contributed by atoms with E-state index in [1.54, 1.807) is 37.5 Å². The van der Waals surface area contributed by atoms with Crippen LogP contribution < -0.4 is 14.4 Å². The van der Waals surface area contributed by atoms with Gasteiger partial charge in [0.1, 0.15) is 5.75 Å². The van der Waals surface area contributed by atoms with Crippen molar-refractivity contribution in [3.63, 3.8) is 0 Å². The topological polar surface area (TPSA) is 75.7 Å². The molecule has 132 valence electrons. The summed E-state index contributed by atoms with van der Waals surface area (Å²) >= 11 is 0. The number of anilines is 2. The Morgan fingerprint density at radius 1 is 1.16 bits per heavy atom. The van der Waals surface area contributed by atoms with E-state index < -0.39 is 10.0 Å². The number of carbonyl (C=O) groups is 1. The molecular weight excluding hydrogens is 340 g/mol. The number of benzene rings is 2. The summed E-state index contributed by atoms with van der Waals surface area (Å²) in [6.45, 7) is 0. The molecule has 0 unspecified atom stereocenters. The highest BCUT2D eigenvalue weighted by molar-refractivity contribution is 7.92. The maximum atomic E-state index is 12.0. The fraction of sp³-hybridized carbons (Fsp3) is 0.167. The van der Waals surface area contributed by atoms with Crippen LogP contribution in [0.2, 0.25) is 0 Å². The SMILES string of the molecule is COc1ccc(C=CC(=O)Nc2cccc(N(C)S(C)(=O)=O)c2)cc1. The summed E-state index contributed by atoms with van der Waals surface area (Å²) in [5.41, 5.74) is 1.85. The van der Waals surface area contributed by atoms with E-state index >= 15 is 0 Å². The van der Waals surface area contributed by atoms with Crippen molar-refractivity contribution in [2.75, 3.05) is 30.0 Å². The van der Waals surface area contributed by atoms with Crippen LogP contribution in [0.1, 0.15) is 5.56 Å². The van der Waals surface area contributed by atoms with E-state index in [1.807, 2.05) is 24.3 Å². The van der Waals surface area contributed by atoms with Crippen molar-refractivity contribution in [3.05, 3.63) is 60.2 Å². The van der Waals surface area contributed by atoms with E-state index in [1.165, 1.54) is 13.1 Å². The van der Waals surface area contributed by atoms with Crippen LogP contribution in [0, 0.1) is 0 Å². The molecule has 0 saturated heterocycles. The molecule has 25 heavy (non-hydrogen) atoms. The van der Waals surface area contributed by atoms with Crippen molar-refractivity contribution < 1.29 is 17.9 Å². The molecule has 2 aromatic rings. The lowest BCUT2D eigenvalue weighted by atomic mass is 10.2. The van der Waals surface area contributed by atoms with Gasteiger partial charge in [0.2, 0.25) is 15.9 Å². The summed E-state index contributed by atoms with van der Waals surface area (Å²) < 4.78 is 29.4. The number of hydrogen-bond donors (Lipinski definition) is 1. The summed E-state index contributed by atoms with van der Waals surface area (Å²) in [5, 5.41) is 2.71. The summed E-state index contributed by atoms with van der Waals surface area (Å²) in [4.78, 5) is 12.0. The second-order valence-corrected chi connectivity index (χ2v) is 7.39. The Morgan fingerprint density at radius 2 is 1.84 bits per heavy atom. The minimum Gasteiger partial charge on any atom is -0.497 e. The largest absolute Gasteiger partial charge is 0.497 e. The highest BCUT2D eigenvalue weighted by Crippen LogP contribution is 2.20. The molecule has 0 heterocycles. The van der Waals surface area contributed by atoms with Gasteiger partial charge in [-0.2, -0.15) is 0 Å². The second-order valence-electron chi connectivity index (χ2n) is 5.38. The van der Waals surface area contributed by atoms with Gasteiger partial charge >= 0.3 is 0 Å². The molecular formula is C18H20N2O4S. The van der Waals surface area contributed by atoms with Crippen LogP contribution >= 0.6 is 0 Å². The predicted octanol–water partition coefficient (Wildman–Crippen LogP) is 2.74. The smallest absolute Gasteiger partial charge is 0.248 e. The molecule has 0 fully saturated rings. The Balaban J connectivity index is 2.06. The van der Waals surface area contributed by atoms with Crippen molar-refractivity contribution >= 4 is 33.4 Å². The highest BCUT2D eigenvalue weighted by Gasteiger charge is 2.12. The molecule has 6 nitrogen and oxygen atoms in total. The van der Waals surface area contributed by atoms with Crippen LogP contribution in [0.25, 0.3) is 6.08 Å². The molecule has 0 aliphatic heterocycles. The third-order valence-electron chi connectivity index (χ3n) is 3.52. The van der Waals surface area contributed by atoms with Crippen LogP contribution in [0.3, 0.4) is 0 Å². The molecule has 0 aliphatic rings. The van der Waals surface area contributed by atoms with E-state index in [9.17, 15) is 13.2 Å². The van der Waals surface area contributed by atoms with Crippen LogP contribution in [-0.2, 0) is 14.8 Å². The number of hydrogen-bond acceptors (Lipinski definition) is 4. The summed E-state index contributed by atoms with van der Waals surface area (Å²) in [6, 6.07) is 13.9. The molecule has 2 rings (SSSR count). The number of ether oxygens (including phenoxy) is 1. The molecule has 1 N–H and O–H groups in total. The Bertz CT molecular complexity index is 874. The lowest BCUT2D eigenvalue weighted by molar-refractivity contribution is -0.111. The molecule has 0 saturated carbocycles. The molecule has 0 atom stereocenters. The molecule has 1 amide bonds. The second kappa shape index (κ2) is 7.85. The lowest BCUT2D eigenvalue weighted by Gasteiger charge is -2.17. The standard InChI is InChI=1S/C18H20N2O4S/c1-20(25(3,22)23)16-6-4-5-15(13-16)19-18(21)12-9-14-7-10-17(24-2)11-8-14/h4-13H,1-3H3,(H,19,21). The van der Waals surface area contributed by atoms with Gasteiger partial charge in [-0.25, -0.2) is 8.42 Å². The van der Waals surface area contributed by atoms with E-state index in [-0.39, 0.29) is 5.91 Å². The molecule has 0 aliphatic carbocycles. The Kier molecular flexibility index (Phi) is 5.82. The zero-order valence-corrected chi connectivity index (χ0v) is 15.1. The predicted molar refractivity (Wildman–Crippen MR) is 100 cm³/mol. The maximum absolute atomic E-state index is 12.0. The van der Waals surface area contributed by atoms with Crippen LogP contribution in [0.5, 0.6) is 5.75 Å². The van der Waals surface area contributed by atoms with Crippen LogP contribution in [-0.4, -0.2) is 34.7 Å². The molecule has 0 aromatic heterocycles. The number of methoxy groups -OCH3 is 1. The maximum Gasteiger partial charge on any atom is 0.248 e. The number of nitrogens with one attached hydrogen (secondary N) is 1. The third kappa shape index (κ3) is 5.36. The third-order valence-corrected chi connectivity index (χ3v) is 4.72. The first-order valence-corrected chi connectivity index (χ1v) is 9.31. The van der Waals surface area contributed by atoms with Crippen molar-refractivity contribution in [1.82, 2.24) is 0 Å². The number of sulfonamides is 1. The molecule has 0 bridgehead atoms. The normalized spacial score (nSPS) is 11.3. The summed E-state index contributed by atoms with van der Waals surface area (Å²) in [5.74, 6) is 0.434. The molecule has 0 spiro atoms. The summed E-state index contributed by atoms with van der Waals surface area (Å²) in [6.07, 6.45) is 4.21. The lowest BCUT2D eigenvalue weighted by Crippen LogP contribution is -2.24. The van der Waals surface area contributed by atoms with Gasteiger partial charge < -0.3 is 10.1 Å². The van der Waals surface area contributed by atoms with Gasteiger partial charge in [-0.15, -0.1) is 0 Å². The number of amides is 1. The average molecular weight is 360 g/mol. The zero-order chi connectivity index (χ0) is 18.4. The van der Waals surface area contributed by atoms with Crippen molar-refractivity contribution in [1.29, 1.82) is 0 Å². The van der Waals surface area contributed by atoms with Gasteiger partial charge in [0.05, 0.1) is 19.1 Å². The first-order valence-electron chi connectivity index (χ1n) is 7.46. The molecule has 2 aromatic carbocycles. The number of carbonyl (C=O) groups excluding carboxylic acids is 1. The van der Waals surface area contributed by atoms with Crippen LogP contribution in [0.15, 0.2) is 54.6 Å². The fourth-order valence-electron chi connectivity index (χ4n) is 2.04. The van der Waals surface area contributed by atoms with Crippen molar-refractivity contribution in [2.45, 2.75) is 0 Å². The number of nitrogens with zero attached hydrogens (tertiary/aromatic N) is 1. The van der Waals surface area contributed by atoms with E-state index in [0.717, 1.165) is 21.9 Å². The van der Waals surface area contributed by atoms with Gasteiger partial charge in [-0.3, -0.25) is 9.10 Å². The molecule has 0 radical (unpaired) electrons. The van der Waals surface area contributed by atoms with E-state index in [2.05, 4.69) is 5.32 Å². The minimum absolute atomic E-state index is 0.310. The minimum atomic E-state index is -3.36. The van der Waals surface area contributed by atoms with E-state index in [4.69, 9.17) is 4.74 Å². The first-order chi connectivity index (χ1) is 11.8. The summed E-state index contributed by atoms with van der Waals surface area (Å²) in [7, 11) is -0.308. The Morgan fingerprint density at radius 3 is 2.44 bits per heavy atom. The van der Waals surface area contributed by atoms with Gasteiger partial charge in [-0.1, -0.05) is 18.2 Å². The van der Waals surface area contributed by atoms with Gasteiger partial charge in [0.25, 0.3) is 0 Å². The Labute approximate surface area is 147 Å². The zero-order valence-electron chi connectivity index (χ0n) is 14.3. The van der Waals surface area contributed by atoms with Crippen molar-refractivity contribution in [2.24, 2.45) is 0 Å². The Hall–Kier alpha value is -2.80. The number of rotatable bonds is 6. The van der Waals surface area contributed by atoms with Gasteiger partial charge in [0, 0.05) is 18.8 Å². The monoisotopic (exact) mass is 360 g/mol. The average Bonchev–Trinajstić information content (AvgIpc) is 2.59. The molecule has 7 heteroatoms. The van der Waals surface area contributed by atoms with Crippen LogP contribution in [0.4, 0.5) is 11.4 Å².